The summed E-state index contributed by atoms with van der Waals surface area (Å²) >= 11 is 1.54. The Morgan fingerprint density at radius 2 is 2.06 bits per heavy atom. The van der Waals surface area contributed by atoms with Gasteiger partial charge in [0.25, 0.3) is 0 Å². The summed E-state index contributed by atoms with van der Waals surface area (Å²) in [6.45, 7) is 5.89. The summed E-state index contributed by atoms with van der Waals surface area (Å²) in [6, 6.07) is 11.6. The van der Waals surface area contributed by atoms with Crippen molar-refractivity contribution in [3.05, 3.63) is 53.9 Å². The molecule has 86 valence electrons. The fraction of sp³-hybridized carbons (Fsp3) is 0.0714. The molecule has 17 heavy (non-hydrogen) atoms. The maximum Gasteiger partial charge on any atom is 0.219 e. The van der Waals surface area contributed by atoms with Gasteiger partial charge < -0.3 is 0 Å². The molecule has 0 unspecified atom stereocenters. The normalized spacial score (nSPS) is 9.94. The molecule has 0 bridgehead atoms. The van der Waals surface area contributed by atoms with E-state index in [2.05, 4.69) is 6.58 Å². The minimum absolute atomic E-state index is 0.841. The predicted octanol–water partition coefficient (Wildman–Crippen LogP) is 4.08. The van der Waals surface area contributed by atoms with Crippen LogP contribution in [0.4, 0.5) is 10.7 Å². The molecule has 0 atom stereocenters. The first-order valence-electron chi connectivity index (χ1n) is 5.27. The standard InChI is InChI=1S/C14H13NOS/c1-11(2)12-6-3-4-7-13(12)15(10-16)14-8-5-9-17-14/h3-10H,1H2,2H3. The molecule has 1 aromatic carbocycles. The van der Waals surface area contributed by atoms with Crippen LogP contribution in [-0.2, 0) is 4.79 Å². The first kappa shape index (κ1) is 11.6. The van der Waals surface area contributed by atoms with Gasteiger partial charge in [0.05, 0.1) is 5.69 Å². The highest BCUT2D eigenvalue weighted by molar-refractivity contribution is 7.14. The summed E-state index contributed by atoms with van der Waals surface area (Å²) in [5, 5.41) is 2.86. The average Bonchev–Trinajstić information content (AvgIpc) is 2.84. The zero-order chi connectivity index (χ0) is 12.3. The molecular formula is C14H13NOS. The van der Waals surface area contributed by atoms with Gasteiger partial charge in [-0.05, 0) is 36.1 Å². The highest BCUT2D eigenvalue weighted by Gasteiger charge is 2.13. The number of hydrogen-bond acceptors (Lipinski definition) is 2. The Hall–Kier alpha value is -1.87. The van der Waals surface area contributed by atoms with Crippen LogP contribution < -0.4 is 4.90 Å². The Morgan fingerprint density at radius 1 is 1.29 bits per heavy atom. The third kappa shape index (κ3) is 2.29. The third-order valence-corrected chi connectivity index (χ3v) is 3.34. The SMILES string of the molecule is C=C(C)c1ccccc1N(C=O)c1cccs1. The van der Waals surface area contributed by atoms with E-state index >= 15 is 0 Å². The largest absolute Gasteiger partial charge is 0.278 e. The molecule has 0 saturated heterocycles. The second-order valence-corrected chi connectivity index (χ2v) is 4.65. The maximum absolute atomic E-state index is 11.3. The lowest BCUT2D eigenvalue weighted by Gasteiger charge is -2.19. The fourth-order valence-corrected chi connectivity index (χ4v) is 2.39. The van der Waals surface area contributed by atoms with E-state index in [0.29, 0.717) is 0 Å². The molecular weight excluding hydrogens is 230 g/mol. The number of hydrogen-bond donors (Lipinski definition) is 0. The van der Waals surface area contributed by atoms with Gasteiger partial charge in [0.2, 0.25) is 6.41 Å². The molecule has 2 nitrogen and oxygen atoms in total. The van der Waals surface area contributed by atoms with Gasteiger partial charge in [-0.3, -0.25) is 9.69 Å². The molecule has 0 saturated carbocycles. The lowest BCUT2D eigenvalue weighted by atomic mass is 10.1. The molecule has 1 heterocycles. The van der Waals surface area contributed by atoms with Crippen LogP contribution in [0.1, 0.15) is 12.5 Å². The third-order valence-electron chi connectivity index (χ3n) is 2.47. The van der Waals surface area contributed by atoms with Crippen LogP contribution in [0.3, 0.4) is 0 Å². The van der Waals surface area contributed by atoms with Crippen LogP contribution >= 0.6 is 11.3 Å². The fourth-order valence-electron chi connectivity index (χ4n) is 1.68. The first-order chi connectivity index (χ1) is 8.24. The molecule has 0 aliphatic carbocycles. The van der Waals surface area contributed by atoms with E-state index in [-0.39, 0.29) is 0 Å². The number of carbonyl (C=O) groups is 1. The Kier molecular flexibility index (Phi) is 3.40. The predicted molar refractivity (Wildman–Crippen MR) is 73.7 cm³/mol. The lowest BCUT2D eigenvalue weighted by molar-refractivity contribution is -0.106. The van der Waals surface area contributed by atoms with Crippen LogP contribution in [0.5, 0.6) is 0 Å². The van der Waals surface area contributed by atoms with Crippen molar-refractivity contribution in [2.45, 2.75) is 6.92 Å². The van der Waals surface area contributed by atoms with Gasteiger partial charge in [-0.25, -0.2) is 0 Å². The van der Waals surface area contributed by atoms with Crippen molar-refractivity contribution in [2.24, 2.45) is 0 Å². The topological polar surface area (TPSA) is 20.3 Å². The van der Waals surface area contributed by atoms with Crippen LogP contribution in [0, 0.1) is 0 Å². The second kappa shape index (κ2) is 4.97. The summed E-state index contributed by atoms with van der Waals surface area (Å²) in [6.07, 6.45) is 0.841. The van der Waals surface area contributed by atoms with Crippen molar-refractivity contribution in [1.29, 1.82) is 0 Å². The molecule has 0 spiro atoms. The smallest absolute Gasteiger partial charge is 0.219 e. The number of thiophene rings is 1. The summed E-state index contributed by atoms with van der Waals surface area (Å²) in [4.78, 5) is 12.9. The van der Waals surface area contributed by atoms with Gasteiger partial charge in [0.1, 0.15) is 5.00 Å². The van der Waals surface area contributed by atoms with Crippen molar-refractivity contribution in [3.63, 3.8) is 0 Å². The van der Waals surface area contributed by atoms with Crippen LogP contribution in [-0.4, -0.2) is 6.41 Å². The van der Waals surface area contributed by atoms with Crippen LogP contribution in [0.25, 0.3) is 5.57 Å². The van der Waals surface area contributed by atoms with E-state index in [1.54, 1.807) is 4.90 Å². The van der Waals surface area contributed by atoms with Crippen molar-refractivity contribution >= 4 is 34.0 Å². The van der Waals surface area contributed by atoms with Crippen LogP contribution in [0.2, 0.25) is 0 Å². The van der Waals surface area contributed by atoms with E-state index in [1.807, 2.05) is 48.7 Å². The van der Waals surface area contributed by atoms with E-state index in [0.717, 1.165) is 28.2 Å². The van der Waals surface area contributed by atoms with Gasteiger partial charge in [-0.1, -0.05) is 24.8 Å². The number of amides is 1. The van der Waals surface area contributed by atoms with E-state index in [4.69, 9.17) is 0 Å². The van der Waals surface area contributed by atoms with E-state index in [1.165, 1.54) is 11.3 Å². The number of carbonyl (C=O) groups excluding carboxylic acids is 1. The highest BCUT2D eigenvalue weighted by atomic mass is 32.1. The zero-order valence-corrected chi connectivity index (χ0v) is 10.4. The van der Waals surface area contributed by atoms with E-state index in [9.17, 15) is 4.79 Å². The van der Waals surface area contributed by atoms with Gasteiger partial charge in [0, 0.05) is 5.56 Å². The average molecular weight is 243 g/mol. The Balaban J connectivity index is 2.51. The van der Waals surface area contributed by atoms with Crippen molar-refractivity contribution in [1.82, 2.24) is 0 Å². The zero-order valence-electron chi connectivity index (χ0n) is 9.59. The molecule has 0 fully saturated rings. The molecule has 0 radical (unpaired) electrons. The minimum atomic E-state index is 0.841. The monoisotopic (exact) mass is 243 g/mol. The Labute approximate surface area is 105 Å². The minimum Gasteiger partial charge on any atom is -0.278 e. The van der Waals surface area contributed by atoms with Gasteiger partial charge in [-0.15, -0.1) is 11.3 Å². The number of benzene rings is 1. The lowest BCUT2D eigenvalue weighted by Crippen LogP contribution is -2.14. The summed E-state index contributed by atoms with van der Waals surface area (Å²) in [5.41, 5.74) is 2.81. The van der Waals surface area contributed by atoms with Gasteiger partial charge in [0.15, 0.2) is 0 Å². The van der Waals surface area contributed by atoms with Crippen molar-refractivity contribution < 1.29 is 4.79 Å². The number of anilines is 2. The molecule has 0 aliphatic rings. The van der Waals surface area contributed by atoms with Crippen LogP contribution in [0.15, 0.2) is 48.4 Å². The maximum atomic E-state index is 11.3. The summed E-state index contributed by atoms with van der Waals surface area (Å²) < 4.78 is 0. The Morgan fingerprint density at radius 3 is 2.65 bits per heavy atom. The molecule has 0 N–H and O–H groups in total. The van der Waals surface area contributed by atoms with Crippen molar-refractivity contribution in [3.8, 4) is 0 Å². The number of allylic oxidation sites excluding steroid dienone is 1. The Bertz CT molecular complexity index is 531. The molecule has 3 heteroatoms. The number of para-hydroxylation sites is 1. The highest BCUT2D eigenvalue weighted by Crippen LogP contribution is 2.33. The molecule has 0 aliphatic heterocycles. The second-order valence-electron chi connectivity index (χ2n) is 3.72. The van der Waals surface area contributed by atoms with E-state index < -0.39 is 0 Å². The quantitative estimate of drug-likeness (QED) is 0.741. The molecule has 1 aromatic heterocycles. The van der Waals surface area contributed by atoms with Crippen molar-refractivity contribution in [2.75, 3.05) is 4.90 Å². The number of rotatable bonds is 4. The first-order valence-corrected chi connectivity index (χ1v) is 6.15. The summed E-state index contributed by atoms with van der Waals surface area (Å²) in [7, 11) is 0. The number of nitrogens with zero attached hydrogens (tertiary/aromatic N) is 1. The van der Waals surface area contributed by atoms with Gasteiger partial charge >= 0.3 is 0 Å². The van der Waals surface area contributed by atoms with Gasteiger partial charge in [-0.2, -0.15) is 0 Å². The summed E-state index contributed by atoms with van der Waals surface area (Å²) in [5.74, 6) is 0. The molecule has 2 aromatic rings. The molecule has 1 amide bonds. The molecule has 2 rings (SSSR count).